The molecule has 0 aromatic carbocycles. The molecular weight excluding hydrogens is 264 g/mol. The Morgan fingerprint density at radius 3 is 3.00 bits per heavy atom. The van der Waals surface area contributed by atoms with Gasteiger partial charge in [0.2, 0.25) is 5.91 Å². The van der Waals surface area contributed by atoms with Crippen molar-refractivity contribution in [3.63, 3.8) is 0 Å². The maximum absolute atomic E-state index is 12.5. The molecule has 0 spiro atoms. The SMILES string of the molecule is CC(C)COC1C2CCC1N(C(=O)Cc1ccccn1)C2. The van der Waals surface area contributed by atoms with E-state index in [0.717, 1.165) is 25.3 Å². The van der Waals surface area contributed by atoms with Crippen LogP contribution in [0.4, 0.5) is 0 Å². The van der Waals surface area contributed by atoms with Crippen LogP contribution in [0.1, 0.15) is 32.4 Å². The number of ether oxygens (including phenoxy) is 1. The summed E-state index contributed by atoms with van der Waals surface area (Å²) in [5.74, 6) is 1.27. The van der Waals surface area contributed by atoms with Gasteiger partial charge in [0.15, 0.2) is 0 Å². The van der Waals surface area contributed by atoms with Crippen LogP contribution in [-0.4, -0.2) is 41.1 Å². The van der Waals surface area contributed by atoms with E-state index in [9.17, 15) is 4.79 Å². The number of rotatable bonds is 5. The molecule has 1 aromatic rings. The summed E-state index contributed by atoms with van der Waals surface area (Å²) in [5.41, 5.74) is 0.852. The van der Waals surface area contributed by atoms with E-state index in [1.165, 1.54) is 6.42 Å². The number of aromatic nitrogens is 1. The fourth-order valence-electron chi connectivity index (χ4n) is 3.54. The predicted molar refractivity (Wildman–Crippen MR) is 80.7 cm³/mol. The van der Waals surface area contributed by atoms with Gasteiger partial charge in [-0.2, -0.15) is 0 Å². The zero-order valence-electron chi connectivity index (χ0n) is 12.9. The van der Waals surface area contributed by atoms with Gasteiger partial charge in [0.25, 0.3) is 0 Å². The fraction of sp³-hybridized carbons (Fsp3) is 0.647. The highest BCUT2D eigenvalue weighted by Gasteiger charge is 2.49. The lowest BCUT2D eigenvalue weighted by Crippen LogP contribution is -2.41. The van der Waals surface area contributed by atoms with Gasteiger partial charge in [-0.15, -0.1) is 0 Å². The zero-order valence-corrected chi connectivity index (χ0v) is 12.9. The molecule has 2 bridgehead atoms. The summed E-state index contributed by atoms with van der Waals surface area (Å²) >= 11 is 0. The van der Waals surface area contributed by atoms with Crippen LogP contribution in [0.25, 0.3) is 0 Å². The van der Waals surface area contributed by atoms with E-state index in [2.05, 4.69) is 18.8 Å². The van der Waals surface area contributed by atoms with Gasteiger partial charge in [0.1, 0.15) is 0 Å². The number of hydrogen-bond acceptors (Lipinski definition) is 3. The molecule has 4 heteroatoms. The molecule has 0 radical (unpaired) electrons. The number of fused-ring (bicyclic) bond motifs is 2. The number of piperidine rings is 1. The van der Waals surface area contributed by atoms with Gasteiger partial charge in [-0.05, 0) is 30.9 Å². The minimum atomic E-state index is 0.194. The smallest absolute Gasteiger partial charge is 0.228 e. The first-order chi connectivity index (χ1) is 10.1. The Hall–Kier alpha value is -1.42. The minimum absolute atomic E-state index is 0.194. The van der Waals surface area contributed by atoms with E-state index in [-0.39, 0.29) is 18.1 Å². The van der Waals surface area contributed by atoms with E-state index in [1.807, 2.05) is 23.1 Å². The van der Waals surface area contributed by atoms with Crippen molar-refractivity contribution < 1.29 is 9.53 Å². The first-order valence-electron chi connectivity index (χ1n) is 7.96. The second kappa shape index (κ2) is 6.14. The molecular formula is C17H24N2O2. The molecule has 1 aliphatic heterocycles. The first kappa shape index (κ1) is 14.5. The Labute approximate surface area is 126 Å². The molecule has 3 unspecified atom stereocenters. The molecule has 21 heavy (non-hydrogen) atoms. The van der Waals surface area contributed by atoms with Crippen LogP contribution in [0.3, 0.4) is 0 Å². The Morgan fingerprint density at radius 2 is 2.29 bits per heavy atom. The second-order valence-corrected chi connectivity index (χ2v) is 6.64. The molecule has 3 rings (SSSR count). The molecule has 4 nitrogen and oxygen atoms in total. The Bertz CT molecular complexity index is 489. The summed E-state index contributed by atoms with van der Waals surface area (Å²) in [6.07, 6.45) is 4.68. The van der Waals surface area contributed by atoms with Crippen LogP contribution in [-0.2, 0) is 16.0 Å². The van der Waals surface area contributed by atoms with Gasteiger partial charge < -0.3 is 9.64 Å². The monoisotopic (exact) mass is 288 g/mol. The number of carbonyl (C=O) groups excluding carboxylic acids is 1. The van der Waals surface area contributed by atoms with E-state index in [4.69, 9.17) is 4.74 Å². The van der Waals surface area contributed by atoms with Gasteiger partial charge in [-0.25, -0.2) is 0 Å². The maximum Gasteiger partial charge on any atom is 0.228 e. The highest BCUT2D eigenvalue weighted by atomic mass is 16.5. The van der Waals surface area contributed by atoms with E-state index < -0.39 is 0 Å². The highest BCUT2D eigenvalue weighted by Crippen LogP contribution is 2.40. The molecule has 1 amide bonds. The third-order valence-electron chi connectivity index (χ3n) is 4.51. The Morgan fingerprint density at radius 1 is 1.43 bits per heavy atom. The molecule has 2 fully saturated rings. The zero-order chi connectivity index (χ0) is 14.8. The Kier molecular flexibility index (Phi) is 4.24. The lowest BCUT2D eigenvalue weighted by atomic mass is 10.1. The molecule has 3 atom stereocenters. The van der Waals surface area contributed by atoms with Gasteiger partial charge >= 0.3 is 0 Å². The molecule has 1 saturated heterocycles. The van der Waals surface area contributed by atoms with Crippen molar-refractivity contribution in [2.45, 2.75) is 45.3 Å². The molecule has 0 N–H and O–H groups in total. The number of pyridine rings is 1. The maximum atomic E-state index is 12.5. The first-order valence-corrected chi connectivity index (χ1v) is 7.96. The number of hydrogen-bond donors (Lipinski definition) is 0. The van der Waals surface area contributed by atoms with Gasteiger partial charge in [-0.3, -0.25) is 9.78 Å². The minimum Gasteiger partial charge on any atom is -0.375 e. The van der Waals surface area contributed by atoms with Crippen molar-refractivity contribution >= 4 is 5.91 Å². The third-order valence-corrected chi connectivity index (χ3v) is 4.51. The molecule has 114 valence electrons. The average molecular weight is 288 g/mol. The lowest BCUT2D eigenvalue weighted by Gasteiger charge is -2.27. The van der Waals surface area contributed by atoms with Crippen molar-refractivity contribution in [1.82, 2.24) is 9.88 Å². The molecule has 2 aliphatic rings. The largest absolute Gasteiger partial charge is 0.375 e. The summed E-state index contributed by atoms with van der Waals surface area (Å²) < 4.78 is 6.07. The highest BCUT2D eigenvalue weighted by molar-refractivity contribution is 5.79. The molecule has 2 heterocycles. The van der Waals surface area contributed by atoms with Crippen LogP contribution in [0.2, 0.25) is 0 Å². The Balaban J connectivity index is 1.61. The quantitative estimate of drug-likeness (QED) is 0.835. The summed E-state index contributed by atoms with van der Waals surface area (Å²) in [7, 11) is 0. The molecule has 1 aliphatic carbocycles. The van der Waals surface area contributed by atoms with E-state index in [1.54, 1.807) is 6.20 Å². The standard InChI is InChI=1S/C17H24N2O2/c1-12(2)11-21-17-13-6-7-15(17)19(10-13)16(20)9-14-5-3-4-8-18-14/h3-5,8,12-13,15,17H,6-7,9-11H2,1-2H3. The normalized spacial score (nSPS) is 27.6. The third kappa shape index (κ3) is 3.10. The molecule has 1 saturated carbocycles. The predicted octanol–water partition coefficient (Wildman–Crippen LogP) is 2.29. The second-order valence-electron chi connectivity index (χ2n) is 6.64. The van der Waals surface area contributed by atoms with Gasteiger partial charge in [-0.1, -0.05) is 19.9 Å². The number of nitrogens with zero attached hydrogens (tertiary/aromatic N) is 2. The van der Waals surface area contributed by atoms with Crippen molar-refractivity contribution in [3.8, 4) is 0 Å². The van der Waals surface area contributed by atoms with Crippen LogP contribution in [0.15, 0.2) is 24.4 Å². The van der Waals surface area contributed by atoms with E-state index in [0.29, 0.717) is 18.3 Å². The summed E-state index contributed by atoms with van der Waals surface area (Å²) in [5, 5.41) is 0. The number of carbonyl (C=O) groups is 1. The van der Waals surface area contributed by atoms with Crippen molar-refractivity contribution in [3.05, 3.63) is 30.1 Å². The summed E-state index contributed by atoms with van der Waals surface area (Å²) in [6, 6.07) is 6.01. The van der Waals surface area contributed by atoms with E-state index >= 15 is 0 Å². The topological polar surface area (TPSA) is 42.4 Å². The van der Waals surface area contributed by atoms with Crippen molar-refractivity contribution in [2.24, 2.45) is 11.8 Å². The van der Waals surface area contributed by atoms with Crippen LogP contribution < -0.4 is 0 Å². The van der Waals surface area contributed by atoms with Crippen molar-refractivity contribution in [1.29, 1.82) is 0 Å². The number of likely N-dealkylation sites (tertiary alicyclic amines) is 1. The number of amides is 1. The summed E-state index contributed by atoms with van der Waals surface area (Å²) in [4.78, 5) is 18.8. The van der Waals surface area contributed by atoms with Crippen molar-refractivity contribution in [2.75, 3.05) is 13.2 Å². The molecule has 1 aromatic heterocycles. The van der Waals surface area contributed by atoms with Crippen LogP contribution >= 0.6 is 0 Å². The summed E-state index contributed by atoms with van der Waals surface area (Å²) in [6.45, 7) is 5.99. The van der Waals surface area contributed by atoms with Gasteiger partial charge in [0, 0.05) is 31.0 Å². The lowest BCUT2D eigenvalue weighted by molar-refractivity contribution is -0.133. The van der Waals surface area contributed by atoms with Gasteiger partial charge in [0.05, 0.1) is 18.6 Å². The van der Waals surface area contributed by atoms with Crippen LogP contribution in [0.5, 0.6) is 0 Å². The average Bonchev–Trinajstić information content (AvgIpc) is 3.03. The fourth-order valence-corrected chi connectivity index (χ4v) is 3.54. The van der Waals surface area contributed by atoms with Crippen LogP contribution in [0, 0.1) is 11.8 Å².